The normalized spacial score (nSPS) is 14.1. The minimum Gasteiger partial charge on any atom is -0.383 e. The summed E-state index contributed by atoms with van der Waals surface area (Å²) in [6.45, 7) is 2.87. The summed E-state index contributed by atoms with van der Waals surface area (Å²) >= 11 is 0.649. The fourth-order valence-corrected chi connectivity index (χ4v) is 2.08. The maximum absolute atomic E-state index is 12.3. The number of aromatic nitrogens is 1. The molecule has 1 N–H and O–H groups in total. The summed E-state index contributed by atoms with van der Waals surface area (Å²) in [5, 5.41) is 2.22. The van der Waals surface area contributed by atoms with E-state index >= 15 is 0 Å². The number of rotatable bonds is 5. The van der Waals surface area contributed by atoms with Crippen molar-refractivity contribution < 1.29 is 17.9 Å². The molecule has 92 valence electrons. The molecule has 0 amide bonds. The monoisotopic (exact) mass is 254 g/mol. The Balaban J connectivity index is 2.81. The molecule has 3 nitrogen and oxygen atoms in total. The molecule has 0 saturated heterocycles. The van der Waals surface area contributed by atoms with E-state index in [-0.39, 0.29) is 6.04 Å². The van der Waals surface area contributed by atoms with Crippen molar-refractivity contribution in [2.75, 3.05) is 20.3 Å². The molecule has 1 aromatic heterocycles. The molecule has 0 spiro atoms. The number of hydrogen-bond donors (Lipinski definition) is 1. The van der Waals surface area contributed by atoms with E-state index in [1.807, 2.05) is 6.92 Å². The van der Waals surface area contributed by atoms with E-state index in [0.717, 1.165) is 0 Å². The van der Waals surface area contributed by atoms with Crippen molar-refractivity contribution in [3.8, 4) is 0 Å². The van der Waals surface area contributed by atoms with Gasteiger partial charge < -0.3 is 10.1 Å². The van der Waals surface area contributed by atoms with E-state index in [4.69, 9.17) is 4.74 Å². The number of nitrogens with one attached hydrogen (secondary N) is 1. The van der Waals surface area contributed by atoms with Crippen LogP contribution < -0.4 is 5.32 Å². The molecule has 0 aliphatic heterocycles. The highest BCUT2D eigenvalue weighted by atomic mass is 32.1. The molecule has 0 saturated carbocycles. The van der Waals surface area contributed by atoms with Gasteiger partial charge in [0.2, 0.25) is 0 Å². The first-order valence-electron chi connectivity index (χ1n) is 4.74. The standard InChI is InChI=1S/C9H13F3N2OS/c1-3-13-6(5-15-2)7-4-14-8(16-7)9(10,11)12/h4,6,13H,3,5H2,1-2H3. The van der Waals surface area contributed by atoms with Gasteiger partial charge in [0, 0.05) is 18.2 Å². The molecule has 1 unspecified atom stereocenters. The number of alkyl halides is 3. The molecule has 7 heteroatoms. The topological polar surface area (TPSA) is 34.1 Å². The Morgan fingerprint density at radius 2 is 2.25 bits per heavy atom. The van der Waals surface area contributed by atoms with Crippen molar-refractivity contribution in [2.45, 2.75) is 19.1 Å². The fraction of sp³-hybridized carbons (Fsp3) is 0.667. The average molecular weight is 254 g/mol. The summed E-state index contributed by atoms with van der Waals surface area (Å²) in [5.41, 5.74) is 0. The van der Waals surface area contributed by atoms with Crippen LogP contribution in [0.1, 0.15) is 22.9 Å². The smallest absolute Gasteiger partial charge is 0.383 e. The number of halogens is 3. The summed E-state index contributed by atoms with van der Waals surface area (Å²) in [4.78, 5) is 3.91. The van der Waals surface area contributed by atoms with Gasteiger partial charge in [-0.15, -0.1) is 11.3 Å². The minimum absolute atomic E-state index is 0.233. The van der Waals surface area contributed by atoms with E-state index in [1.54, 1.807) is 0 Å². The van der Waals surface area contributed by atoms with Gasteiger partial charge in [-0.2, -0.15) is 13.2 Å². The first-order chi connectivity index (χ1) is 7.49. The van der Waals surface area contributed by atoms with Gasteiger partial charge in [0.05, 0.1) is 12.6 Å². The average Bonchev–Trinajstić information content (AvgIpc) is 2.65. The molecule has 0 radical (unpaired) electrons. The maximum atomic E-state index is 12.3. The molecule has 1 heterocycles. The van der Waals surface area contributed by atoms with Crippen LogP contribution in [0.3, 0.4) is 0 Å². The summed E-state index contributed by atoms with van der Waals surface area (Å²) in [6, 6.07) is -0.233. The molecule has 0 aliphatic rings. The van der Waals surface area contributed by atoms with Crippen molar-refractivity contribution in [1.82, 2.24) is 10.3 Å². The van der Waals surface area contributed by atoms with Crippen LogP contribution in [0.4, 0.5) is 13.2 Å². The second-order valence-electron chi connectivity index (χ2n) is 3.13. The van der Waals surface area contributed by atoms with Crippen molar-refractivity contribution in [2.24, 2.45) is 0 Å². The Morgan fingerprint density at radius 1 is 1.56 bits per heavy atom. The van der Waals surface area contributed by atoms with Gasteiger partial charge in [-0.1, -0.05) is 6.92 Å². The maximum Gasteiger partial charge on any atom is 0.443 e. The van der Waals surface area contributed by atoms with E-state index in [9.17, 15) is 13.2 Å². The summed E-state index contributed by atoms with van der Waals surface area (Å²) in [5.74, 6) is 0. The van der Waals surface area contributed by atoms with Gasteiger partial charge in [-0.25, -0.2) is 4.98 Å². The van der Waals surface area contributed by atoms with Gasteiger partial charge >= 0.3 is 6.18 Å². The lowest BCUT2D eigenvalue weighted by atomic mass is 10.3. The Kier molecular flexibility index (Phi) is 4.69. The van der Waals surface area contributed by atoms with Crippen LogP contribution in [-0.2, 0) is 10.9 Å². The molecule has 1 rings (SSSR count). The van der Waals surface area contributed by atoms with E-state index in [0.29, 0.717) is 29.4 Å². The quantitative estimate of drug-likeness (QED) is 0.876. The van der Waals surface area contributed by atoms with Crippen molar-refractivity contribution in [1.29, 1.82) is 0 Å². The van der Waals surface area contributed by atoms with Crippen LogP contribution in [-0.4, -0.2) is 25.2 Å². The summed E-state index contributed by atoms with van der Waals surface area (Å²) in [7, 11) is 1.51. The van der Waals surface area contributed by atoms with E-state index in [1.165, 1.54) is 13.3 Å². The van der Waals surface area contributed by atoms with Gasteiger partial charge in [0.15, 0.2) is 5.01 Å². The number of nitrogens with zero attached hydrogens (tertiary/aromatic N) is 1. The third-order valence-corrected chi connectivity index (χ3v) is 3.05. The Labute approximate surface area is 95.6 Å². The lowest BCUT2D eigenvalue weighted by Crippen LogP contribution is -2.23. The second-order valence-corrected chi connectivity index (χ2v) is 4.19. The zero-order chi connectivity index (χ0) is 12.2. The summed E-state index contributed by atoms with van der Waals surface area (Å²) < 4.78 is 41.9. The third kappa shape index (κ3) is 3.43. The van der Waals surface area contributed by atoms with Crippen molar-refractivity contribution >= 4 is 11.3 Å². The van der Waals surface area contributed by atoms with Gasteiger partial charge in [-0.3, -0.25) is 0 Å². The number of hydrogen-bond acceptors (Lipinski definition) is 4. The number of thiazole rings is 1. The van der Waals surface area contributed by atoms with E-state index in [2.05, 4.69) is 10.3 Å². The highest BCUT2D eigenvalue weighted by Gasteiger charge is 2.35. The van der Waals surface area contributed by atoms with Crippen LogP contribution >= 0.6 is 11.3 Å². The second kappa shape index (κ2) is 5.60. The van der Waals surface area contributed by atoms with Crippen molar-refractivity contribution in [3.63, 3.8) is 0 Å². The third-order valence-electron chi connectivity index (χ3n) is 1.89. The van der Waals surface area contributed by atoms with Crippen LogP contribution in [0.15, 0.2) is 6.20 Å². The number of methoxy groups -OCH3 is 1. The highest BCUT2D eigenvalue weighted by molar-refractivity contribution is 7.11. The summed E-state index contributed by atoms with van der Waals surface area (Å²) in [6.07, 6.45) is -3.12. The Hall–Kier alpha value is -0.660. The predicted molar refractivity (Wildman–Crippen MR) is 55.4 cm³/mol. The SMILES string of the molecule is CCNC(COC)c1cnc(C(F)(F)F)s1. The molecular formula is C9H13F3N2OS. The molecular weight excluding hydrogens is 241 g/mol. The van der Waals surface area contributed by atoms with Crippen LogP contribution in [0.25, 0.3) is 0 Å². The number of likely N-dealkylation sites (N-methyl/N-ethyl adjacent to an activating group) is 1. The lowest BCUT2D eigenvalue weighted by Gasteiger charge is -2.14. The Bertz CT molecular complexity index is 321. The van der Waals surface area contributed by atoms with Crippen LogP contribution in [0.2, 0.25) is 0 Å². The van der Waals surface area contributed by atoms with Gasteiger partial charge in [0.25, 0.3) is 0 Å². The molecule has 1 atom stereocenters. The van der Waals surface area contributed by atoms with E-state index < -0.39 is 11.2 Å². The zero-order valence-electron chi connectivity index (χ0n) is 8.97. The van der Waals surface area contributed by atoms with Crippen LogP contribution in [0.5, 0.6) is 0 Å². The predicted octanol–water partition coefficient (Wildman–Crippen LogP) is 2.46. The van der Waals surface area contributed by atoms with Crippen molar-refractivity contribution in [3.05, 3.63) is 16.1 Å². The molecule has 0 bridgehead atoms. The lowest BCUT2D eigenvalue weighted by molar-refractivity contribution is -0.137. The first kappa shape index (κ1) is 13.4. The highest BCUT2D eigenvalue weighted by Crippen LogP contribution is 2.34. The van der Waals surface area contributed by atoms with Gasteiger partial charge in [0.1, 0.15) is 0 Å². The van der Waals surface area contributed by atoms with Crippen LogP contribution in [0, 0.1) is 0 Å². The first-order valence-corrected chi connectivity index (χ1v) is 5.56. The molecule has 0 aromatic carbocycles. The molecule has 0 fully saturated rings. The Morgan fingerprint density at radius 3 is 2.69 bits per heavy atom. The fourth-order valence-electron chi connectivity index (χ4n) is 1.23. The zero-order valence-corrected chi connectivity index (χ0v) is 9.78. The number of ether oxygens (including phenoxy) is 1. The molecule has 1 aromatic rings. The van der Waals surface area contributed by atoms with Gasteiger partial charge in [-0.05, 0) is 6.54 Å². The largest absolute Gasteiger partial charge is 0.443 e. The minimum atomic E-state index is -4.37. The molecule has 0 aliphatic carbocycles. The molecule has 16 heavy (non-hydrogen) atoms.